The molecule has 1 fully saturated rings. The molecule has 0 aromatic heterocycles. The smallest absolute Gasteiger partial charge is 0.243 e. The van der Waals surface area contributed by atoms with E-state index in [-0.39, 0.29) is 17.9 Å². The van der Waals surface area contributed by atoms with Gasteiger partial charge in [0.05, 0.1) is 11.0 Å². The number of β-amino-alcohol motifs (C(OH)–C–C–N with tert-alkyl or cyclic N) is 1. The first-order valence-electron chi connectivity index (χ1n) is 6.82. The van der Waals surface area contributed by atoms with Crippen LogP contribution in [-0.4, -0.2) is 42.4 Å². The van der Waals surface area contributed by atoms with Crippen molar-refractivity contribution in [2.75, 3.05) is 6.54 Å². The molecule has 2 rings (SSSR count). The number of nitrogens with zero attached hydrogens (tertiary/aromatic N) is 1. The number of aliphatic hydroxyl groups excluding tert-OH is 1. The molecule has 1 aliphatic heterocycles. The van der Waals surface area contributed by atoms with Crippen LogP contribution in [0.3, 0.4) is 0 Å². The summed E-state index contributed by atoms with van der Waals surface area (Å²) < 4.78 is 26.2. The van der Waals surface area contributed by atoms with Crippen LogP contribution in [0.2, 0.25) is 0 Å². The van der Waals surface area contributed by atoms with E-state index < -0.39 is 28.1 Å². The predicted octanol–water partition coefficient (Wildman–Crippen LogP) is 0.419. The second-order valence-corrected chi connectivity index (χ2v) is 7.50. The molecule has 7 heteroatoms. The quantitative estimate of drug-likeness (QED) is 0.841. The Morgan fingerprint density at radius 1 is 1.33 bits per heavy atom. The summed E-state index contributed by atoms with van der Waals surface area (Å²) in [6.07, 6.45) is -0.828. The van der Waals surface area contributed by atoms with Gasteiger partial charge in [0.2, 0.25) is 15.9 Å². The van der Waals surface area contributed by atoms with Crippen molar-refractivity contribution in [2.24, 2.45) is 5.73 Å². The van der Waals surface area contributed by atoms with E-state index in [9.17, 15) is 18.3 Å². The van der Waals surface area contributed by atoms with E-state index in [4.69, 9.17) is 5.73 Å². The second-order valence-electron chi connectivity index (χ2n) is 5.61. The Balaban J connectivity index is 2.35. The Hall–Kier alpha value is -1.44. The maximum atomic E-state index is 12.6. The molecule has 0 unspecified atom stereocenters. The van der Waals surface area contributed by atoms with Crippen molar-refractivity contribution >= 4 is 15.9 Å². The third-order valence-electron chi connectivity index (χ3n) is 3.72. The third-order valence-corrected chi connectivity index (χ3v) is 5.60. The Morgan fingerprint density at radius 2 is 1.90 bits per heavy atom. The number of hydrogen-bond acceptors (Lipinski definition) is 4. The summed E-state index contributed by atoms with van der Waals surface area (Å²) in [5.74, 6) is -0.442. The predicted molar refractivity (Wildman–Crippen MR) is 78.0 cm³/mol. The highest BCUT2D eigenvalue weighted by molar-refractivity contribution is 7.89. The standard InChI is InChI=1S/C14H20N2O4S/c1-9(2)10-3-5-12(6-4-10)21(19,20)16-8-11(17)7-13(16)14(15)18/h3-6,9,11,13,17H,7-8H2,1-2H3,(H2,15,18)/t11-,13+/m1/s1. The summed E-state index contributed by atoms with van der Waals surface area (Å²) >= 11 is 0. The molecule has 0 aliphatic carbocycles. The fourth-order valence-electron chi connectivity index (χ4n) is 2.47. The number of primary amides is 1. The van der Waals surface area contributed by atoms with Gasteiger partial charge in [-0.05, 0) is 23.6 Å². The number of amides is 1. The van der Waals surface area contributed by atoms with Crippen LogP contribution in [0.25, 0.3) is 0 Å². The van der Waals surface area contributed by atoms with Crippen molar-refractivity contribution in [3.05, 3.63) is 29.8 Å². The zero-order chi connectivity index (χ0) is 15.8. The fraction of sp³-hybridized carbons (Fsp3) is 0.500. The van der Waals surface area contributed by atoms with Crippen LogP contribution in [0.15, 0.2) is 29.2 Å². The average molecular weight is 312 g/mol. The average Bonchev–Trinajstić information content (AvgIpc) is 2.82. The highest BCUT2D eigenvalue weighted by Gasteiger charge is 2.42. The lowest BCUT2D eigenvalue weighted by Gasteiger charge is -2.21. The molecule has 2 atom stereocenters. The number of rotatable bonds is 4. The normalized spacial score (nSPS) is 23.6. The number of aliphatic hydroxyl groups is 1. The zero-order valence-corrected chi connectivity index (χ0v) is 12.9. The van der Waals surface area contributed by atoms with Crippen LogP contribution in [0, 0.1) is 0 Å². The van der Waals surface area contributed by atoms with E-state index >= 15 is 0 Å². The monoisotopic (exact) mass is 312 g/mol. The summed E-state index contributed by atoms with van der Waals surface area (Å²) in [4.78, 5) is 11.5. The topological polar surface area (TPSA) is 101 Å². The van der Waals surface area contributed by atoms with Gasteiger partial charge >= 0.3 is 0 Å². The van der Waals surface area contributed by atoms with Gasteiger partial charge in [-0.3, -0.25) is 4.79 Å². The number of carbonyl (C=O) groups is 1. The molecule has 1 aromatic rings. The maximum Gasteiger partial charge on any atom is 0.243 e. The van der Waals surface area contributed by atoms with Crippen LogP contribution < -0.4 is 5.73 Å². The number of carbonyl (C=O) groups excluding carboxylic acids is 1. The van der Waals surface area contributed by atoms with Gasteiger partial charge in [-0.15, -0.1) is 0 Å². The molecule has 1 saturated heterocycles. The molecule has 3 N–H and O–H groups in total. The van der Waals surface area contributed by atoms with E-state index in [2.05, 4.69) is 0 Å². The van der Waals surface area contributed by atoms with Crippen LogP contribution in [0.5, 0.6) is 0 Å². The molecule has 0 radical (unpaired) electrons. The molecule has 0 bridgehead atoms. The highest BCUT2D eigenvalue weighted by Crippen LogP contribution is 2.27. The maximum absolute atomic E-state index is 12.6. The summed E-state index contributed by atoms with van der Waals surface area (Å²) in [5.41, 5.74) is 6.26. The lowest BCUT2D eigenvalue weighted by molar-refractivity contribution is -0.121. The number of nitrogens with two attached hydrogens (primary N) is 1. The van der Waals surface area contributed by atoms with E-state index in [1.54, 1.807) is 12.1 Å². The zero-order valence-electron chi connectivity index (χ0n) is 12.1. The van der Waals surface area contributed by atoms with Gasteiger partial charge in [-0.25, -0.2) is 8.42 Å². The molecule has 21 heavy (non-hydrogen) atoms. The Kier molecular flexibility index (Phi) is 4.36. The number of sulfonamides is 1. The Bertz CT molecular complexity index is 625. The van der Waals surface area contributed by atoms with Crippen LogP contribution in [0.4, 0.5) is 0 Å². The molecule has 1 heterocycles. The molecule has 1 amide bonds. The van der Waals surface area contributed by atoms with Gasteiger partial charge < -0.3 is 10.8 Å². The van der Waals surface area contributed by atoms with E-state index in [0.29, 0.717) is 5.92 Å². The summed E-state index contributed by atoms with van der Waals surface area (Å²) in [6, 6.07) is 5.56. The number of benzene rings is 1. The fourth-order valence-corrected chi connectivity index (χ4v) is 4.11. The first-order chi connectivity index (χ1) is 9.73. The molecule has 1 aliphatic rings. The van der Waals surface area contributed by atoms with Gasteiger partial charge in [-0.2, -0.15) is 4.31 Å². The van der Waals surface area contributed by atoms with Gasteiger partial charge in [0.25, 0.3) is 0 Å². The minimum atomic E-state index is -3.84. The first-order valence-corrected chi connectivity index (χ1v) is 8.26. The molecule has 0 saturated carbocycles. The Labute approximate surface area is 124 Å². The second kappa shape index (κ2) is 5.75. The summed E-state index contributed by atoms with van der Waals surface area (Å²) in [5, 5.41) is 9.63. The van der Waals surface area contributed by atoms with Crippen LogP contribution >= 0.6 is 0 Å². The molecule has 6 nitrogen and oxygen atoms in total. The van der Waals surface area contributed by atoms with Crippen LogP contribution in [-0.2, 0) is 14.8 Å². The van der Waals surface area contributed by atoms with Gasteiger partial charge in [0.1, 0.15) is 6.04 Å². The highest BCUT2D eigenvalue weighted by atomic mass is 32.2. The molecular formula is C14H20N2O4S. The SMILES string of the molecule is CC(C)c1ccc(S(=O)(=O)N2C[C@H](O)C[C@H]2C(N)=O)cc1. The minimum absolute atomic E-state index is 0.0403. The largest absolute Gasteiger partial charge is 0.392 e. The minimum Gasteiger partial charge on any atom is -0.392 e. The molecule has 1 aromatic carbocycles. The van der Waals surface area contributed by atoms with Gasteiger partial charge in [-0.1, -0.05) is 26.0 Å². The third kappa shape index (κ3) is 3.09. The van der Waals surface area contributed by atoms with Gasteiger partial charge in [0, 0.05) is 13.0 Å². The molecular weight excluding hydrogens is 292 g/mol. The molecule has 0 spiro atoms. The van der Waals surface area contributed by atoms with Crippen molar-refractivity contribution in [3.8, 4) is 0 Å². The van der Waals surface area contributed by atoms with Crippen molar-refractivity contribution in [3.63, 3.8) is 0 Å². The molecule has 116 valence electrons. The van der Waals surface area contributed by atoms with E-state index in [1.807, 2.05) is 13.8 Å². The van der Waals surface area contributed by atoms with Gasteiger partial charge in [0.15, 0.2) is 0 Å². The Morgan fingerprint density at radius 3 is 2.38 bits per heavy atom. The summed E-state index contributed by atoms with van der Waals surface area (Å²) in [7, 11) is -3.84. The van der Waals surface area contributed by atoms with E-state index in [1.165, 1.54) is 12.1 Å². The first kappa shape index (κ1) is 15.9. The van der Waals surface area contributed by atoms with E-state index in [0.717, 1.165) is 9.87 Å². The van der Waals surface area contributed by atoms with Crippen molar-refractivity contribution in [2.45, 2.75) is 43.2 Å². The van der Waals surface area contributed by atoms with Crippen molar-refractivity contribution in [1.29, 1.82) is 0 Å². The lowest BCUT2D eigenvalue weighted by Crippen LogP contribution is -2.43. The van der Waals surface area contributed by atoms with Crippen LogP contribution in [0.1, 0.15) is 31.7 Å². The van der Waals surface area contributed by atoms with Crippen molar-refractivity contribution < 1.29 is 18.3 Å². The number of hydrogen-bond donors (Lipinski definition) is 2. The van der Waals surface area contributed by atoms with Crippen molar-refractivity contribution in [1.82, 2.24) is 4.31 Å². The summed E-state index contributed by atoms with van der Waals surface area (Å²) in [6.45, 7) is 3.93. The lowest BCUT2D eigenvalue weighted by atomic mass is 10.0.